The molecule has 0 aliphatic heterocycles. The van der Waals surface area contributed by atoms with Gasteiger partial charge in [0.1, 0.15) is 0 Å². The van der Waals surface area contributed by atoms with E-state index < -0.39 is 10.0 Å². The van der Waals surface area contributed by atoms with Crippen LogP contribution in [0.2, 0.25) is 0 Å². The van der Waals surface area contributed by atoms with E-state index in [0.29, 0.717) is 18.7 Å². The molecule has 0 saturated heterocycles. The number of rotatable bonds is 9. The van der Waals surface area contributed by atoms with E-state index in [1.54, 1.807) is 13.8 Å². The number of hydrogen-bond donors (Lipinski definition) is 3. The van der Waals surface area contributed by atoms with Crippen LogP contribution in [0.25, 0.3) is 0 Å². The highest BCUT2D eigenvalue weighted by atomic mass is 35.5. The molecule has 6 nitrogen and oxygen atoms in total. The van der Waals surface area contributed by atoms with Crippen LogP contribution >= 0.6 is 12.4 Å². The molecular weight excluding hydrogens is 338 g/mol. The molecule has 1 rings (SSSR count). The predicted octanol–water partition coefficient (Wildman–Crippen LogP) is 1.52. The van der Waals surface area contributed by atoms with Crippen LogP contribution in [0.1, 0.15) is 37.6 Å². The molecule has 0 aromatic heterocycles. The number of carbonyl (C=O) groups excluding carboxylic acids is 1. The van der Waals surface area contributed by atoms with E-state index in [1.807, 2.05) is 0 Å². The number of sulfonamides is 1. The number of nitrogens with one attached hydrogen (secondary N) is 3. The number of carbonyl (C=O) groups is 1. The molecule has 1 aromatic rings. The van der Waals surface area contributed by atoms with Gasteiger partial charge < -0.3 is 10.6 Å². The molecule has 132 valence electrons. The summed E-state index contributed by atoms with van der Waals surface area (Å²) >= 11 is 0. The van der Waals surface area contributed by atoms with Gasteiger partial charge in [0.05, 0.1) is 4.90 Å². The van der Waals surface area contributed by atoms with Crippen LogP contribution in [-0.2, 0) is 10.0 Å². The first-order valence-corrected chi connectivity index (χ1v) is 8.96. The van der Waals surface area contributed by atoms with Gasteiger partial charge in [-0.15, -0.1) is 12.4 Å². The lowest BCUT2D eigenvalue weighted by atomic mass is 10.2. The molecule has 0 radical (unpaired) electrons. The fourth-order valence-corrected chi connectivity index (χ4v) is 3.08. The minimum atomic E-state index is -3.52. The molecule has 0 unspecified atom stereocenters. The Morgan fingerprint density at radius 3 is 2.22 bits per heavy atom. The minimum absolute atomic E-state index is 0. The van der Waals surface area contributed by atoms with Crippen LogP contribution in [0, 0.1) is 0 Å². The van der Waals surface area contributed by atoms with Crippen molar-refractivity contribution in [1.29, 1.82) is 0 Å². The standard InChI is InChI=1S/C15H25N3O3S.ClH/c1-4-9-16-10-11-17-15(19)13-5-7-14(8-6-13)22(20,21)18-12(2)3;/h5-8,12,16,18H,4,9-11H2,1-3H3,(H,17,19);1H. The van der Waals surface area contributed by atoms with Gasteiger partial charge >= 0.3 is 0 Å². The summed E-state index contributed by atoms with van der Waals surface area (Å²) in [6.45, 7) is 7.76. The van der Waals surface area contributed by atoms with Crippen LogP contribution in [0.5, 0.6) is 0 Å². The van der Waals surface area contributed by atoms with E-state index in [0.717, 1.165) is 13.0 Å². The Balaban J connectivity index is 0.00000484. The highest BCUT2D eigenvalue weighted by Crippen LogP contribution is 2.11. The summed E-state index contributed by atoms with van der Waals surface area (Å²) in [5.74, 6) is -0.209. The highest BCUT2D eigenvalue weighted by Gasteiger charge is 2.15. The summed E-state index contributed by atoms with van der Waals surface area (Å²) in [7, 11) is -3.52. The first kappa shape index (κ1) is 21.9. The monoisotopic (exact) mass is 363 g/mol. The van der Waals surface area contributed by atoms with Crippen LogP contribution in [0.15, 0.2) is 29.2 Å². The van der Waals surface area contributed by atoms with E-state index in [9.17, 15) is 13.2 Å². The number of amides is 1. The van der Waals surface area contributed by atoms with Crippen LogP contribution in [0.3, 0.4) is 0 Å². The second-order valence-corrected chi connectivity index (χ2v) is 7.02. The molecule has 1 aromatic carbocycles. The number of hydrogen-bond acceptors (Lipinski definition) is 4. The third-order valence-electron chi connectivity index (χ3n) is 2.83. The Labute approximate surface area is 144 Å². The van der Waals surface area contributed by atoms with E-state index >= 15 is 0 Å². The van der Waals surface area contributed by atoms with Gasteiger partial charge in [-0.2, -0.15) is 0 Å². The van der Waals surface area contributed by atoms with Crippen molar-refractivity contribution in [1.82, 2.24) is 15.4 Å². The number of benzene rings is 1. The summed E-state index contributed by atoms with van der Waals surface area (Å²) in [6, 6.07) is 5.74. The molecule has 3 N–H and O–H groups in total. The van der Waals surface area contributed by atoms with Gasteiger partial charge in [-0.25, -0.2) is 13.1 Å². The first-order valence-electron chi connectivity index (χ1n) is 7.48. The van der Waals surface area contributed by atoms with Gasteiger partial charge in [0, 0.05) is 24.7 Å². The third kappa shape index (κ3) is 7.78. The largest absolute Gasteiger partial charge is 0.351 e. The molecule has 0 aliphatic carbocycles. The summed E-state index contributed by atoms with van der Waals surface area (Å²) < 4.78 is 26.5. The molecule has 0 spiro atoms. The minimum Gasteiger partial charge on any atom is -0.351 e. The molecule has 0 heterocycles. The van der Waals surface area contributed by atoms with E-state index in [4.69, 9.17) is 0 Å². The van der Waals surface area contributed by atoms with E-state index in [-0.39, 0.29) is 29.3 Å². The SMILES string of the molecule is CCCNCCNC(=O)c1ccc(S(=O)(=O)NC(C)C)cc1.Cl. The maximum atomic E-state index is 12.0. The second-order valence-electron chi connectivity index (χ2n) is 5.31. The molecule has 0 atom stereocenters. The Morgan fingerprint density at radius 1 is 1.09 bits per heavy atom. The van der Waals surface area contributed by atoms with E-state index in [1.165, 1.54) is 24.3 Å². The zero-order chi connectivity index (χ0) is 16.6. The molecule has 0 aliphatic rings. The lowest BCUT2D eigenvalue weighted by Crippen LogP contribution is -2.32. The van der Waals surface area contributed by atoms with Crippen LogP contribution < -0.4 is 15.4 Å². The van der Waals surface area contributed by atoms with E-state index in [2.05, 4.69) is 22.3 Å². The molecular formula is C15H26ClN3O3S. The summed E-state index contributed by atoms with van der Waals surface area (Å²) in [4.78, 5) is 12.1. The Hall–Kier alpha value is -1.15. The van der Waals surface area contributed by atoms with Gasteiger partial charge in [0.15, 0.2) is 0 Å². The fourth-order valence-electron chi connectivity index (χ4n) is 1.83. The normalized spacial score (nSPS) is 11.1. The predicted molar refractivity (Wildman–Crippen MR) is 94.6 cm³/mol. The molecule has 1 amide bonds. The van der Waals surface area contributed by atoms with Crippen molar-refractivity contribution in [3.05, 3.63) is 29.8 Å². The van der Waals surface area contributed by atoms with Crippen LogP contribution in [-0.4, -0.2) is 40.0 Å². The zero-order valence-corrected chi connectivity index (χ0v) is 15.4. The Bertz CT molecular complexity index is 574. The molecule has 0 bridgehead atoms. The number of halogens is 1. The van der Waals surface area contributed by atoms with Crippen molar-refractivity contribution in [2.45, 2.75) is 38.1 Å². The average molecular weight is 364 g/mol. The fraction of sp³-hybridized carbons (Fsp3) is 0.533. The van der Waals surface area contributed by atoms with Gasteiger partial charge in [-0.3, -0.25) is 4.79 Å². The Kier molecular flexibility index (Phi) is 10.1. The molecule has 23 heavy (non-hydrogen) atoms. The van der Waals surface area contributed by atoms with Gasteiger partial charge in [0.25, 0.3) is 5.91 Å². The second kappa shape index (κ2) is 10.6. The topological polar surface area (TPSA) is 87.3 Å². The average Bonchev–Trinajstić information content (AvgIpc) is 2.45. The lowest BCUT2D eigenvalue weighted by Gasteiger charge is -2.10. The van der Waals surface area contributed by atoms with Gasteiger partial charge in [-0.05, 0) is 51.1 Å². The quantitative estimate of drug-likeness (QED) is 0.580. The third-order valence-corrected chi connectivity index (χ3v) is 4.51. The van der Waals surface area contributed by atoms with Gasteiger partial charge in [0.2, 0.25) is 10.0 Å². The zero-order valence-electron chi connectivity index (χ0n) is 13.8. The Morgan fingerprint density at radius 2 is 1.70 bits per heavy atom. The molecule has 0 saturated carbocycles. The summed E-state index contributed by atoms with van der Waals surface area (Å²) in [5, 5.41) is 5.97. The van der Waals surface area contributed by atoms with Crippen molar-refractivity contribution in [2.75, 3.05) is 19.6 Å². The maximum Gasteiger partial charge on any atom is 0.251 e. The first-order chi connectivity index (χ1) is 10.4. The molecule has 0 fully saturated rings. The highest BCUT2D eigenvalue weighted by molar-refractivity contribution is 7.89. The van der Waals surface area contributed by atoms with Crippen molar-refractivity contribution in [3.8, 4) is 0 Å². The van der Waals surface area contributed by atoms with Crippen LogP contribution in [0.4, 0.5) is 0 Å². The summed E-state index contributed by atoms with van der Waals surface area (Å²) in [6.07, 6.45) is 1.05. The summed E-state index contributed by atoms with van der Waals surface area (Å²) in [5.41, 5.74) is 0.444. The van der Waals surface area contributed by atoms with Crippen molar-refractivity contribution in [3.63, 3.8) is 0 Å². The van der Waals surface area contributed by atoms with Gasteiger partial charge in [-0.1, -0.05) is 6.92 Å². The van der Waals surface area contributed by atoms with Crippen molar-refractivity contribution < 1.29 is 13.2 Å². The smallest absolute Gasteiger partial charge is 0.251 e. The molecule has 8 heteroatoms. The lowest BCUT2D eigenvalue weighted by molar-refractivity contribution is 0.0954. The maximum absolute atomic E-state index is 12.0. The van der Waals surface area contributed by atoms with Crippen molar-refractivity contribution >= 4 is 28.3 Å². The van der Waals surface area contributed by atoms with Crippen molar-refractivity contribution in [2.24, 2.45) is 0 Å².